The number of ether oxygens (including phenoxy) is 1. The van der Waals surface area contributed by atoms with E-state index in [9.17, 15) is 4.79 Å². The summed E-state index contributed by atoms with van der Waals surface area (Å²) >= 11 is 0. The minimum atomic E-state index is -0.466. The Labute approximate surface area is 172 Å². The molecule has 2 heterocycles. The normalized spacial score (nSPS) is 15.1. The molecule has 1 aromatic rings. The summed E-state index contributed by atoms with van der Waals surface area (Å²) in [5.41, 5.74) is -0.466. The predicted molar refractivity (Wildman–Crippen MR) is 111 cm³/mol. The fourth-order valence-corrected chi connectivity index (χ4v) is 2.47. The van der Waals surface area contributed by atoms with Crippen molar-refractivity contribution in [3.8, 4) is 0 Å². The number of likely N-dealkylation sites (tertiary alicyclic amines) is 1. The van der Waals surface area contributed by atoms with Crippen LogP contribution in [0.15, 0.2) is 11.3 Å². The monoisotopic (exact) mass is 479 g/mol. The summed E-state index contributed by atoms with van der Waals surface area (Å²) in [5.74, 6) is 1.69. The van der Waals surface area contributed by atoms with Crippen LogP contribution in [-0.4, -0.2) is 70.0 Å². The molecule has 1 aliphatic heterocycles. The van der Waals surface area contributed by atoms with Gasteiger partial charge in [0.1, 0.15) is 17.8 Å². The highest BCUT2D eigenvalue weighted by atomic mass is 127. The van der Waals surface area contributed by atoms with Crippen LogP contribution in [0, 0.1) is 0 Å². The van der Waals surface area contributed by atoms with E-state index in [0.717, 1.165) is 24.7 Å². The summed E-state index contributed by atoms with van der Waals surface area (Å²) in [7, 11) is 1.73. The van der Waals surface area contributed by atoms with E-state index >= 15 is 0 Å². The van der Waals surface area contributed by atoms with Gasteiger partial charge in [-0.15, -0.1) is 34.2 Å². The molecule has 10 heteroatoms. The van der Waals surface area contributed by atoms with Crippen LogP contribution < -0.4 is 10.6 Å². The number of hydrogen-bond donors (Lipinski definition) is 2. The van der Waals surface area contributed by atoms with Crippen molar-refractivity contribution in [2.45, 2.75) is 52.3 Å². The van der Waals surface area contributed by atoms with Gasteiger partial charge in [0.15, 0.2) is 5.96 Å². The number of halogens is 1. The average molecular weight is 479 g/mol. The first-order valence-electron chi connectivity index (χ1n) is 8.64. The standard InChI is InChI=1S/C16H29N7O2.HI/c1-6-13-21-19-11-22(13)8-7-18-14(17-5)20-12-9-23(10-12)15(24)25-16(2,3)4;/h11-12H,6-10H2,1-5H3,(H2,17,18,20);1H. The van der Waals surface area contributed by atoms with Gasteiger partial charge in [-0.05, 0) is 20.8 Å². The number of guanidine groups is 1. The Balaban J connectivity index is 0.00000338. The number of carbonyl (C=O) groups is 1. The minimum Gasteiger partial charge on any atom is -0.444 e. The first-order valence-corrected chi connectivity index (χ1v) is 8.64. The van der Waals surface area contributed by atoms with Crippen molar-refractivity contribution < 1.29 is 9.53 Å². The quantitative estimate of drug-likeness (QED) is 0.375. The molecule has 0 radical (unpaired) electrons. The van der Waals surface area contributed by atoms with Crippen molar-refractivity contribution in [3.05, 3.63) is 12.2 Å². The highest BCUT2D eigenvalue weighted by molar-refractivity contribution is 14.0. The Morgan fingerprint density at radius 1 is 1.42 bits per heavy atom. The van der Waals surface area contributed by atoms with Gasteiger partial charge in [0.2, 0.25) is 0 Å². The molecule has 0 aromatic carbocycles. The van der Waals surface area contributed by atoms with Gasteiger partial charge < -0.3 is 24.8 Å². The average Bonchev–Trinajstić information content (AvgIpc) is 2.94. The van der Waals surface area contributed by atoms with Crippen LogP contribution in [0.2, 0.25) is 0 Å². The SMILES string of the molecule is CCc1nncn1CCNC(=NC)NC1CN(C(=O)OC(C)(C)C)C1.I. The van der Waals surface area contributed by atoms with Crippen LogP contribution in [0.4, 0.5) is 4.79 Å². The fraction of sp³-hybridized carbons (Fsp3) is 0.750. The van der Waals surface area contributed by atoms with Crippen LogP contribution >= 0.6 is 24.0 Å². The van der Waals surface area contributed by atoms with Gasteiger partial charge in [-0.3, -0.25) is 4.99 Å². The highest BCUT2D eigenvalue weighted by Crippen LogP contribution is 2.15. The van der Waals surface area contributed by atoms with Crippen molar-refractivity contribution in [1.29, 1.82) is 0 Å². The smallest absolute Gasteiger partial charge is 0.410 e. The summed E-state index contributed by atoms with van der Waals surface area (Å²) in [6.45, 7) is 10.4. The molecule has 1 saturated heterocycles. The highest BCUT2D eigenvalue weighted by Gasteiger charge is 2.34. The molecule has 26 heavy (non-hydrogen) atoms. The zero-order chi connectivity index (χ0) is 18.4. The lowest BCUT2D eigenvalue weighted by Crippen LogP contribution is -2.63. The lowest BCUT2D eigenvalue weighted by molar-refractivity contribution is 0.00701. The topological polar surface area (TPSA) is 96.7 Å². The molecule has 1 aliphatic rings. The predicted octanol–water partition coefficient (Wildman–Crippen LogP) is 1.24. The molecule has 0 spiro atoms. The molecule has 0 bridgehead atoms. The van der Waals surface area contributed by atoms with E-state index in [4.69, 9.17) is 4.74 Å². The van der Waals surface area contributed by atoms with E-state index < -0.39 is 5.60 Å². The molecule has 0 saturated carbocycles. The van der Waals surface area contributed by atoms with E-state index in [1.807, 2.05) is 25.3 Å². The molecule has 1 aromatic heterocycles. The van der Waals surface area contributed by atoms with Crippen molar-refractivity contribution in [1.82, 2.24) is 30.3 Å². The van der Waals surface area contributed by atoms with E-state index in [2.05, 4.69) is 32.7 Å². The molecule has 148 valence electrons. The van der Waals surface area contributed by atoms with E-state index in [0.29, 0.717) is 19.6 Å². The minimum absolute atomic E-state index is 0. The van der Waals surface area contributed by atoms with Gasteiger partial charge in [-0.25, -0.2) is 4.79 Å². The Morgan fingerprint density at radius 3 is 2.69 bits per heavy atom. The fourth-order valence-electron chi connectivity index (χ4n) is 2.47. The number of aryl methyl sites for hydroxylation is 1. The van der Waals surface area contributed by atoms with Gasteiger partial charge in [0.05, 0.1) is 6.04 Å². The maximum absolute atomic E-state index is 11.9. The van der Waals surface area contributed by atoms with Crippen LogP contribution in [-0.2, 0) is 17.7 Å². The Bertz CT molecular complexity index is 606. The number of hydrogen-bond acceptors (Lipinski definition) is 5. The number of nitrogens with zero attached hydrogens (tertiary/aromatic N) is 5. The van der Waals surface area contributed by atoms with Gasteiger partial charge in [0.25, 0.3) is 0 Å². The van der Waals surface area contributed by atoms with E-state index in [1.54, 1.807) is 18.3 Å². The third kappa shape index (κ3) is 6.61. The first-order chi connectivity index (χ1) is 11.8. The van der Waals surface area contributed by atoms with Crippen molar-refractivity contribution >= 4 is 36.0 Å². The number of nitrogens with one attached hydrogen (secondary N) is 2. The summed E-state index contributed by atoms with van der Waals surface area (Å²) in [5, 5.41) is 14.6. The van der Waals surface area contributed by atoms with Gasteiger partial charge in [-0.1, -0.05) is 6.92 Å². The summed E-state index contributed by atoms with van der Waals surface area (Å²) in [6.07, 6.45) is 2.32. The van der Waals surface area contributed by atoms with Crippen molar-refractivity contribution in [3.63, 3.8) is 0 Å². The molecule has 2 N–H and O–H groups in total. The maximum Gasteiger partial charge on any atom is 0.410 e. The van der Waals surface area contributed by atoms with Crippen LogP contribution in [0.25, 0.3) is 0 Å². The molecule has 9 nitrogen and oxygen atoms in total. The Hall–Kier alpha value is -1.59. The maximum atomic E-state index is 11.9. The number of amides is 1. The lowest BCUT2D eigenvalue weighted by Gasteiger charge is -2.40. The number of rotatable bonds is 5. The molecular weight excluding hydrogens is 449 g/mol. The molecule has 1 amide bonds. The van der Waals surface area contributed by atoms with Gasteiger partial charge >= 0.3 is 6.09 Å². The van der Waals surface area contributed by atoms with Gasteiger partial charge in [-0.2, -0.15) is 0 Å². The Morgan fingerprint density at radius 2 is 2.12 bits per heavy atom. The van der Waals surface area contributed by atoms with Crippen molar-refractivity contribution in [2.24, 2.45) is 4.99 Å². The third-order valence-corrected chi connectivity index (χ3v) is 3.75. The second-order valence-corrected chi connectivity index (χ2v) is 7.02. The third-order valence-electron chi connectivity index (χ3n) is 3.75. The molecule has 0 aliphatic carbocycles. The van der Waals surface area contributed by atoms with Gasteiger partial charge in [0, 0.05) is 39.6 Å². The zero-order valence-electron chi connectivity index (χ0n) is 16.2. The molecular formula is C16H30IN7O2. The number of aromatic nitrogens is 3. The molecule has 1 fully saturated rings. The van der Waals surface area contributed by atoms with E-state index in [-0.39, 0.29) is 36.1 Å². The zero-order valence-corrected chi connectivity index (χ0v) is 18.5. The molecule has 2 rings (SSSR count). The first kappa shape index (κ1) is 22.5. The Kier molecular flexibility index (Phi) is 8.57. The summed E-state index contributed by atoms with van der Waals surface area (Å²) in [6, 6.07) is 0.180. The van der Waals surface area contributed by atoms with Crippen LogP contribution in [0.3, 0.4) is 0 Å². The lowest BCUT2D eigenvalue weighted by atomic mass is 10.1. The summed E-state index contributed by atoms with van der Waals surface area (Å²) in [4.78, 5) is 17.8. The second-order valence-electron chi connectivity index (χ2n) is 7.02. The van der Waals surface area contributed by atoms with E-state index in [1.165, 1.54) is 0 Å². The molecule has 0 unspecified atom stereocenters. The van der Waals surface area contributed by atoms with Crippen LogP contribution in [0.1, 0.15) is 33.5 Å². The van der Waals surface area contributed by atoms with Crippen LogP contribution in [0.5, 0.6) is 0 Å². The molecule has 0 atom stereocenters. The number of carbonyl (C=O) groups excluding carboxylic acids is 1. The summed E-state index contributed by atoms with van der Waals surface area (Å²) < 4.78 is 7.37. The largest absolute Gasteiger partial charge is 0.444 e. The number of aliphatic imine (C=N–C) groups is 1. The van der Waals surface area contributed by atoms with Crippen molar-refractivity contribution in [2.75, 3.05) is 26.7 Å². The second kappa shape index (κ2) is 9.93.